The second-order valence-electron chi connectivity index (χ2n) is 21.2. The predicted octanol–water partition coefficient (Wildman–Crippen LogP) is 11.6. The van der Waals surface area contributed by atoms with Crippen LogP contribution in [-0.2, 0) is 33.2 Å². The molecule has 2 aliphatic rings. The summed E-state index contributed by atoms with van der Waals surface area (Å²) >= 11 is 0. The number of ether oxygens (including phenoxy) is 6. The third-order valence-electron chi connectivity index (χ3n) is 14.2. The Kier molecular flexibility index (Phi) is 45.6. The normalized spacial score (nSPS) is 24.7. The van der Waals surface area contributed by atoms with E-state index in [2.05, 4.69) is 98.9 Å². The first-order chi connectivity index (χ1) is 38.1. The Balaban J connectivity index is 1.73. The molecule has 14 nitrogen and oxygen atoms in total. The molecule has 14 heteroatoms. The fraction of sp³-hybridized carbons (Fsp3) is 0.766. The first kappa shape index (κ1) is 71.3. The Morgan fingerprint density at radius 2 is 0.821 bits per heavy atom. The molecule has 0 aromatic heterocycles. The number of carbonyl (C=O) groups excluding carboxylic acids is 1. The highest BCUT2D eigenvalue weighted by molar-refractivity contribution is 5.69. The van der Waals surface area contributed by atoms with Gasteiger partial charge in [0.25, 0.3) is 0 Å². The quantitative estimate of drug-likeness (QED) is 0.0172. The van der Waals surface area contributed by atoms with Gasteiger partial charge in [-0.25, -0.2) is 0 Å². The van der Waals surface area contributed by atoms with E-state index in [0.29, 0.717) is 19.4 Å². The highest BCUT2D eigenvalue weighted by atomic mass is 16.7. The molecule has 0 aromatic carbocycles. The van der Waals surface area contributed by atoms with E-state index in [9.17, 15) is 40.5 Å². The molecule has 78 heavy (non-hydrogen) atoms. The number of aliphatic hydroxyl groups excluding tert-OH is 7. The first-order valence-electron chi connectivity index (χ1n) is 30.7. The topological polar surface area (TPSA) is 214 Å². The van der Waals surface area contributed by atoms with E-state index in [-0.39, 0.29) is 19.6 Å². The number of esters is 1. The maximum atomic E-state index is 13.1. The van der Waals surface area contributed by atoms with Gasteiger partial charge in [-0.3, -0.25) is 4.79 Å². The Morgan fingerprint density at radius 1 is 0.436 bits per heavy atom. The van der Waals surface area contributed by atoms with E-state index in [0.717, 1.165) is 64.2 Å². The van der Waals surface area contributed by atoms with Gasteiger partial charge < -0.3 is 64.2 Å². The van der Waals surface area contributed by atoms with E-state index in [1.807, 2.05) is 0 Å². The SMILES string of the molecule is CC/C=C\C/C=C\C/C=C\C/C=C\C/C=C\C/C=C\C/C=C\CCCC(=O)OC(COCCCCCCCCCCCCCCCCCCCCCCC)COC1OC(COC2OC(CO)C(O)C(O)C2O)C(O)C(O)C1O. The molecule has 11 unspecified atom stereocenters. The van der Waals surface area contributed by atoms with E-state index < -0.39 is 86.7 Å². The molecule has 0 spiro atoms. The van der Waals surface area contributed by atoms with Crippen LogP contribution in [0.2, 0.25) is 0 Å². The Labute approximate surface area is 471 Å². The Hall–Kier alpha value is -2.83. The Bertz CT molecular complexity index is 1610. The fourth-order valence-corrected chi connectivity index (χ4v) is 9.28. The van der Waals surface area contributed by atoms with Crippen LogP contribution in [0.15, 0.2) is 85.1 Å². The zero-order valence-electron chi connectivity index (χ0n) is 48.4. The van der Waals surface area contributed by atoms with Gasteiger partial charge in [0, 0.05) is 13.0 Å². The monoisotopic (exact) mass is 1100 g/mol. The molecule has 0 aliphatic carbocycles. The van der Waals surface area contributed by atoms with Crippen LogP contribution in [0.5, 0.6) is 0 Å². The van der Waals surface area contributed by atoms with Crippen molar-refractivity contribution >= 4 is 5.97 Å². The van der Waals surface area contributed by atoms with Crippen LogP contribution in [0.1, 0.15) is 213 Å². The standard InChI is InChI=1S/C64H110O14/c1-3-5-7-9-11-13-15-17-19-21-23-25-26-27-29-31-33-35-37-39-41-43-45-47-56(66)76-53(50-73-48-46-44-42-40-38-36-34-32-30-28-24-22-20-18-16-14-12-10-8-6-4-2)51-74-63-62(72)60(70)58(68)55(78-63)52-75-64-61(71)59(69)57(67)54(49-65)77-64/h5,7,11,13,17,19,23,25,27,29,33,35,39,41,53-55,57-65,67-72H,3-4,6,8-10,12,14-16,18,20-22,24,26,28,30-32,34,36-38,40,42-52H2,1-2H3/b7-5-,13-11-,19-17-,25-23-,29-27-,35-33-,41-39-. The van der Waals surface area contributed by atoms with Crippen molar-refractivity contribution in [3.8, 4) is 0 Å². The Morgan fingerprint density at radius 3 is 1.26 bits per heavy atom. The van der Waals surface area contributed by atoms with Crippen molar-refractivity contribution in [1.82, 2.24) is 0 Å². The number of hydrogen-bond donors (Lipinski definition) is 7. The van der Waals surface area contributed by atoms with E-state index in [1.165, 1.54) is 116 Å². The molecule has 2 aliphatic heterocycles. The van der Waals surface area contributed by atoms with E-state index in [4.69, 9.17) is 28.4 Å². The molecule has 11 atom stereocenters. The van der Waals surface area contributed by atoms with Crippen LogP contribution < -0.4 is 0 Å². The predicted molar refractivity (Wildman–Crippen MR) is 312 cm³/mol. The zero-order chi connectivity index (χ0) is 56.5. The molecule has 2 rings (SSSR count). The summed E-state index contributed by atoms with van der Waals surface area (Å²) in [6.45, 7) is 3.52. The second kappa shape index (κ2) is 49.9. The van der Waals surface area contributed by atoms with Gasteiger partial charge in [-0.2, -0.15) is 0 Å². The second-order valence-corrected chi connectivity index (χ2v) is 21.2. The molecule has 0 radical (unpaired) electrons. The molecule has 2 saturated heterocycles. The lowest BCUT2D eigenvalue weighted by Crippen LogP contribution is -2.61. The summed E-state index contributed by atoms with van der Waals surface area (Å²) in [4.78, 5) is 13.1. The summed E-state index contributed by atoms with van der Waals surface area (Å²) in [5, 5.41) is 72.4. The summed E-state index contributed by atoms with van der Waals surface area (Å²) in [5.74, 6) is -0.432. The van der Waals surface area contributed by atoms with Gasteiger partial charge in [0.1, 0.15) is 54.9 Å². The maximum Gasteiger partial charge on any atom is 0.306 e. The molecular formula is C64H110O14. The minimum atomic E-state index is -1.72. The van der Waals surface area contributed by atoms with Gasteiger partial charge in [-0.15, -0.1) is 0 Å². The molecule has 0 aromatic rings. The minimum absolute atomic E-state index is 0.0361. The number of rotatable bonds is 49. The van der Waals surface area contributed by atoms with Crippen molar-refractivity contribution < 1.29 is 69.0 Å². The van der Waals surface area contributed by atoms with Crippen LogP contribution in [-0.4, -0.2) is 142 Å². The number of aliphatic hydroxyl groups is 7. The van der Waals surface area contributed by atoms with Crippen LogP contribution in [0.3, 0.4) is 0 Å². The largest absolute Gasteiger partial charge is 0.457 e. The smallest absolute Gasteiger partial charge is 0.306 e. The van der Waals surface area contributed by atoms with Crippen molar-refractivity contribution in [1.29, 1.82) is 0 Å². The maximum absolute atomic E-state index is 13.1. The number of carbonyl (C=O) groups is 1. The van der Waals surface area contributed by atoms with Gasteiger partial charge in [0.15, 0.2) is 12.6 Å². The highest BCUT2D eigenvalue weighted by Crippen LogP contribution is 2.27. The van der Waals surface area contributed by atoms with E-state index >= 15 is 0 Å². The molecular weight excluding hydrogens is 993 g/mol. The molecule has 7 N–H and O–H groups in total. The summed E-state index contributed by atoms with van der Waals surface area (Å²) in [6.07, 6.45) is 49.4. The van der Waals surface area contributed by atoms with Gasteiger partial charge in [-0.1, -0.05) is 227 Å². The average Bonchev–Trinajstić information content (AvgIpc) is 3.44. The molecule has 0 bridgehead atoms. The third-order valence-corrected chi connectivity index (χ3v) is 14.2. The van der Waals surface area contributed by atoms with Crippen LogP contribution >= 0.6 is 0 Å². The number of unbranched alkanes of at least 4 members (excludes halogenated alkanes) is 21. The van der Waals surface area contributed by atoms with Crippen LogP contribution in [0.25, 0.3) is 0 Å². The van der Waals surface area contributed by atoms with Crippen molar-refractivity contribution in [2.45, 2.75) is 280 Å². The molecule has 0 saturated carbocycles. The summed E-state index contributed by atoms with van der Waals surface area (Å²) < 4.78 is 34.4. The lowest BCUT2D eigenvalue weighted by atomic mass is 9.98. The molecule has 450 valence electrons. The zero-order valence-corrected chi connectivity index (χ0v) is 48.4. The molecule has 2 fully saturated rings. The highest BCUT2D eigenvalue weighted by Gasteiger charge is 2.47. The van der Waals surface area contributed by atoms with Gasteiger partial charge >= 0.3 is 5.97 Å². The average molecular weight is 1100 g/mol. The summed E-state index contributed by atoms with van der Waals surface area (Å²) in [5.41, 5.74) is 0. The van der Waals surface area contributed by atoms with Crippen molar-refractivity contribution in [3.05, 3.63) is 85.1 Å². The van der Waals surface area contributed by atoms with Gasteiger partial charge in [-0.05, 0) is 64.2 Å². The van der Waals surface area contributed by atoms with Gasteiger partial charge in [0.2, 0.25) is 0 Å². The van der Waals surface area contributed by atoms with Crippen molar-refractivity contribution in [2.75, 3.05) is 33.0 Å². The van der Waals surface area contributed by atoms with Crippen LogP contribution in [0.4, 0.5) is 0 Å². The summed E-state index contributed by atoms with van der Waals surface area (Å²) in [7, 11) is 0. The van der Waals surface area contributed by atoms with Crippen LogP contribution in [0, 0.1) is 0 Å². The fourth-order valence-electron chi connectivity index (χ4n) is 9.28. The van der Waals surface area contributed by atoms with Gasteiger partial charge in [0.05, 0.1) is 26.4 Å². The lowest BCUT2D eigenvalue weighted by molar-refractivity contribution is -0.332. The minimum Gasteiger partial charge on any atom is -0.457 e. The number of hydrogen-bond acceptors (Lipinski definition) is 14. The van der Waals surface area contributed by atoms with E-state index in [1.54, 1.807) is 0 Å². The number of allylic oxidation sites excluding steroid dienone is 14. The molecule has 0 amide bonds. The lowest BCUT2D eigenvalue weighted by Gasteiger charge is -2.42. The van der Waals surface area contributed by atoms with Crippen molar-refractivity contribution in [2.24, 2.45) is 0 Å². The summed E-state index contributed by atoms with van der Waals surface area (Å²) in [6, 6.07) is 0. The first-order valence-corrected chi connectivity index (χ1v) is 30.7. The third kappa shape index (κ3) is 35.8. The van der Waals surface area contributed by atoms with Crippen molar-refractivity contribution in [3.63, 3.8) is 0 Å². The molecule has 2 heterocycles.